The van der Waals surface area contributed by atoms with Gasteiger partial charge in [-0.1, -0.05) is 12.1 Å². The number of benzene rings is 1. The molecule has 1 rings (SSSR count). The molecule has 0 spiro atoms. The monoisotopic (exact) mass is 300 g/mol. The van der Waals surface area contributed by atoms with Gasteiger partial charge in [0.05, 0.1) is 0 Å². The Balaban J connectivity index is 0.00000361. The number of alkyl carbamates (subject to hydrolysis) is 1. The molecular formula is C13H21ClN4O2. The Hall–Kier alpha value is -1.95. The van der Waals surface area contributed by atoms with Crippen molar-refractivity contribution in [3.05, 3.63) is 29.8 Å². The fourth-order valence-corrected chi connectivity index (χ4v) is 1.35. The van der Waals surface area contributed by atoms with Crippen LogP contribution in [0.15, 0.2) is 24.3 Å². The summed E-state index contributed by atoms with van der Waals surface area (Å²) in [6.07, 6.45) is -0.446. The second kappa shape index (κ2) is 7.59. The van der Waals surface area contributed by atoms with Gasteiger partial charge in [0.1, 0.15) is 5.60 Å². The summed E-state index contributed by atoms with van der Waals surface area (Å²) in [7, 11) is 0. The average molecular weight is 301 g/mol. The van der Waals surface area contributed by atoms with E-state index < -0.39 is 11.7 Å². The van der Waals surface area contributed by atoms with Gasteiger partial charge in [-0.2, -0.15) is 0 Å². The molecule has 0 saturated carbocycles. The van der Waals surface area contributed by atoms with Crippen molar-refractivity contribution in [1.82, 2.24) is 5.32 Å². The first kappa shape index (κ1) is 18.0. The van der Waals surface area contributed by atoms with Crippen LogP contribution in [0, 0.1) is 5.41 Å². The van der Waals surface area contributed by atoms with Gasteiger partial charge in [0.2, 0.25) is 0 Å². The predicted octanol–water partition coefficient (Wildman–Crippen LogP) is 2.44. The molecule has 0 aliphatic carbocycles. The minimum Gasteiger partial charge on any atom is -0.444 e. The van der Waals surface area contributed by atoms with Crippen LogP contribution in [0.25, 0.3) is 0 Å². The smallest absolute Gasteiger partial charge is 0.407 e. The van der Waals surface area contributed by atoms with E-state index in [1.54, 1.807) is 12.1 Å². The molecule has 0 aliphatic rings. The van der Waals surface area contributed by atoms with E-state index in [-0.39, 0.29) is 18.4 Å². The standard InChI is InChI=1S/C13H20N4O2.ClH/c1-13(2,3)19-12(18)16-8-9-4-6-10(7-5-9)17-11(14)15;/h4-7H,8H2,1-3H3,(H,16,18)(H4,14,15,17);1H. The van der Waals surface area contributed by atoms with Gasteiger partial charge < -0.3 is 21.1 Å². The number of carbonyl (C=O) groups is 1. The summed E-state index contributed by atoms with van der Waals surface area (Å²) in [6, 6.07) is 7.24. The van der Waals surface area contributed by atoms with Crippen molar-refractivity contribution < 1.29 is 9.53 Å². The van der Waals surface area contributed by atoms with E-state index in [9.17, 15) is 4.79 Å². The zero-order valence-corrected chi connectivity index (χ0v) is 12.6. The van der Waals surface area contributed by atoms with Gasteiger partial charge in [0.25, 0.3) is 0 Å². The topological polar surface area (TPSA) is 100 Å². The van der Waals surface area contributed by atoms with Crippen LogP contribution < -0.4 is 16.4 Å². The highest BCUT2D eigenvalue weighted by atomic mass is 35.5. The highest BCUT2D eigenvalue weighted by molar-refractivity contribution is 5.89. The molecule has 0 unspecified atom stereocenters. The first-order chi connectivity index (χ1) is 8.76. The van der Waals surface area contributed by atoms with Crippen LogP contribution >= 0.6 is 12.4 Å². The first-order valence-electron chi connectivity index (χ1n) is 5.93. The molecule has 0 bridgehead atoms. The Morgan fingerprint density at radius 1 is 1.30 bits per heavy atom. The van der Waals surface area contributed by atoms with Crippen molar-refractivity contribution in [2.45, 2.75) is 32.9 Å². The Bertz CT molecular complexity index is 454. The molecule has 7 heteroatoms. The molecule has 0 aliphatic heterocycles. The SMILES string of the molecule is CC(C)(C)OC(=O)NCc1ccc(NC(=N)N)cc1.Cl. The number of hydrogen-bond acceptors (Lipinski definition) is 3. The Morgan fingerprint density at radius 3 is 2.30 bits per heavy atom. The number of rotatable bonds is 3. The molecule has 0 aromatic heterocycles. The molecule has 0 saturated heterocycles. The molecule has 1 aromatic rings. The summed E-state index contributed by atoms with van der Waals surface area (Å²) in [5.41, 5.74) is 6.38. The number of nitrogens with one attached hydrogen (secondary N) is 3. The van der Waals surface area contributed by atoms with Gasteiger partial charge in [-0.3, -0.25) is 5.41 Å². The third-order valence-corrected chi connectivity index (χ3v) is 2.07. The zero-order valence-electron chi connectivity index (χ0n) is 11.8. The van der Waals surface area contributed by atoms with Gasteiger partial charge in [0, 0.05) is 12.2 Å². The number of guanidine groups is 1. The van der Waals surface area contributed by atoms with Crippen LogP contribution in [-0.4, -0.2) is 17.7 Å². The number of hydrogen-bond donors (Lipinski definition) is 4. The number of halogens is 1. The van der Waals surface area contributed by atoms with Crippen molar-refractivity contribution in [3.8, 4) is 0 Å². The quantitative estimate of drug-likeness (QED) is 0.509. The van der Waals surface area contributed by atoms with Crippen LogP contribution in [0.4, 0.5) is 10.5 Å². The zero-order chi connectivity index (χ0) is 14.5. The highest BCUT2D eigenvalue weighted by Gasteiger charge is 2.15. The summed E-state index contributed by atoms with van der Waals surface area (Å²) in [4.78, 5) is 11.5. The molecule has 0 heterocycles. The lowest BCUT2D eigenvalue weighted by atomic mass is 10.2. The summed E-state index contributed by atoms with van der Waals surface area (Å²) in [5.74, 6) is -0.111. The third-order valence-electron chi connectivity index (χ3n) is 2.07. The summed E-state index contributed by atoms with van der Waals surface area (Å²) in [6.45, 7) is 5.83. The largest absolute Gasteiger partial charge is 0.444 e. The van der Waals surface area contributed by atoms with E-state index in [0.717, 1.165) is 11.3 Å². The number of nitrogens with two attached hydrogens (primary N) is 1. The second-order valence-electron chi connectivity index (χ2n) is 5.09. The van der Waals surface area contributed by atoms with Crippen molar-refractivity contribution >= 4 is 30.1 Å². The van der Waals surface area contributed by atoms with Crippen molar-refractivity contribution in [3.63, 3.8) is 0 Å². The Morgan fingerprint density at radius 2 is 1.85 bits per heavy atom. The van der Waals surface area contributed by atoms with Gasteiger partial charge in [-0.15, -0.1) is 12.4 Å². The van der Waals surface area contributed by atoms with Gasteiger partial charge in [-0.05, 0) is 38.5 Å². The van der Waals surface area contributed by atoms with Crippen LogP contribution in [-0.2, 0) is 11.3 Å². The minimum atomic E-state index is -0.501. The number of anilines is 1. The molecule has 20 heavy (non-hydrogen) atoms. The maximum Gasteiger partial charge on any atom is 0.407 e. The molecule has 1 aromatic carbocycles. The Labute approximate surface area is 125 Å². The predicted molar refractivity (Wildman–Crippen MR) is 82.3 cm³/mol. The summed E-state index contributed by atoms with van der Waals surface area (Å²) >= 11 is 0. The van der Waals surface area contributed by atoms with Gasteiger partial charge >= 0.3 is 6.09 Å². The van der Waals surface area contributed by atoms with Crippen LogP contribution in [0.3, 0.4) is 0 Å². The van der Waals surface area contributed by atoms with E-state index in [0.29, 0.717) is 6.54 Å². The molecule has 0 radical (unpaired) electrons. The van der Waals surface area contributed by atoms with Crippen molar-refractivity contribution in [2.24, 2.45) is 5.73 Å². The molecular weight excluding hydrogens is 280 g/mol. The normalized spacial score (nSPS) is 10.2. The number of amides is 1. The lowest BCUT2D eigenvalue weighted by Gasteiger charge is -2.19. The van der Waals surface area contributed by atoms with Crippen molar-refractivity contribution in [1.29, 1.82) is 5.41 Å². The maximum atomic E-state index is 11.5. The van der Waals surface area contributed by atoms with Gasteiger partial charge in [-0.25, -0.2) is 4.79 Å². The van der Waals surface area contributed by atoms with Crippen LogP contribution in [0.2, 0.25) is 0 Å². The highest BCUT2D eigenvalue weighted by Crippen LogP contribution is 2.10. The lowest BCUT2D eigenvalue weighted by molar-refractivity contribution is 0.0523. The average Bonchev–Trinajstić information content (AvgIpc) is 2.25. The van der Waals surface area contributed by atoms with E-state index >= 15 is 0 Å². The molecule has 0 atom stereocenters. The van der Waals surface area contributed by atoms with E-state index in [4.69, 9.17) is 15.9 Å². The maximum absolute atomic E-state index is 11.5. The number of ether oxygens (including phenoxy) is 1. The minimum absolute atomic E-state index is 0. The fraction of sp³-hybridized carbons (Fsp3) is 0.385. The second-order valence-corrected chi connectivity index (χ2v) is 5.09. The molecule has 0 fully saturated rings. The molecule has 1 amide bonds. The number of carbonyl (C=O) groups excluding carboxylic acids is 1. The molecule has 5 N–H and O–H groups in total. The van der Waals surface area contributed by atoms with E-state index in [1.165, 1.54) is 0 Å². The van der Waals surface area contributed by atoms with Crippen LogP contribution in [0.5, 0.6) is 0 Å². The van der Waals surface area contributed by atoms with Crippen molar-refractivity contribution in [2.75, 3.05) is 5.32 Å². The molecule has 6 nitrogen and oxygen atoms in total. The first-order valence-corrected chi connectivity index (χ1v) is 5.93. The fourth-order valence-electron chi connectivity index (χ4n) is 1.35. The third kappa shape index (κ3) is 7.48. The van der Waals surface area contributed by atoms with Gasteiger partial charge in [0.15, 0.2) is 5.96 Å². The van der Waals surface area contributed by atoms with E-state index in [1.807, 2.05) is 32.9 Å². The lowest BCUT2D eigenvalue weighted by Crippen LogP contribution is -2.32. The Kier molecular flexibility index (Phi) is 6.85. The summed E-state index contributed by atoms with van der Waals surface area (Å²) < 4.78 is 5.13. The van der Waals surface area contributed by atoms with E-state index in [2.05, 4.69) is 10.6 Å². The van der Waals surface area contributed by atoms with Crippen LogP contribution in [0.1, 0.15) is 26.3 Å². The summed E-state index contributed by atoms with van der Waals surface area (Å²) in [5, 5.41) is 12.4. The molecule has 112 valence electrons.